The van der Waals surface area contributed by atoms with Crippen molar-refractivity contribution in [2.24, 2.45) is 11.3 Å². The van der Waals surface area contributed by atoms with Gasteiger partial charge in [0, 0.05) is 0 Å². The molecule has 0 radical (unpaired) electrons. The molecule has 1 fully saturated rings. The SMILES string of the molecule is CC(C)(C)C1CC(F)C(Cl)CC1F. The first-order chi connectivity index (χ1) is 5.82. The highest BCUT2D eigenvalue weighted by Gasteiger charge is 2.41. The van der Waals surface area contributed by atoms with E-state index in [-0.39, 0.29) is 24.2 Å². The molecule has 0 aromatic heterocycles. The predicted molar refractivity (Wildman–Crippen MR) is 51.6 cm³/mol. The summed E-state index contributed by atoms with van der Waals surface area (Å²) in [5.41, 5.74) is -0.166. The van der Waals surface area contributed by atoms with Crippen molar-refractivity contribution in [3.05, 3.63) is 0 Å². The molecule has 0 aromatic rings. The van der Waals surface area contributed by atoms with Crippen molar-refractivity contribution >= 4 is 11.6 Å². The van der Waals surface area contributed by atoms with E-state index in [9.17, 15) is 8.78 Å². The largest absolute Gasteiger partial charge is 0.247 e. The maximum absolute atomic E-state index is 13.5. The molecule has 0 aromatic carbocycles. The third kappa shape index (κ3) is 2.55. The summed E-state index contributed by atoms with van der Waals surface area (Å²) >= 11 is 5.66. The third-order valence-electron chi connectivity index (χ3n) is 2.87. The molecule has 0 heterocycles. The Morgan fingerprint density at radius 3 is 2.08 bits per heavy atom. The maximum atomic E-state index is 13.5. The zero-order valence-electron chi connectivity index (χ0n) is 8.36. The first-order valence-electron chi connectivity index (χ1n) is 4.74. The second-order valence-electron chi connectivity index (χ2n) is 4.99. The fourth-order valence-corrected chi connectivity index (χ4v) is 2.23. The molecule has 1 saturated carbocycles. The van der Waals surface area contributed by atoms with E-state index in [1.807, 2.05) is 20.8 Å². The standard InChI is InChI=1S/C10H17ClF2/c1-10(2,3)6-4-9(13)7(11)5-8(6)12/h6-9H,4-5H2,1-3H3. The van der Waals surface area contributed by atoms with Crippen molar-refractivity contribution in [3.8, 4) is 0 Å². The highest BCUT2D eigenvalue weighted by Crippen LogP contribution is 2.41. The summed E-state index contributed by atoms with van der Waals surface area (Å²) in [6.07, 6.45) is -1.57. The molecule has 0 N–H and O–H groups in total. The van der Waals surface area contributed by atoms with Gasteiger partial charge in [-0.1, -0.05) is 20.8 Å². The van der Waals surface area contributed by atoms with E-state index in [0.717, 1.165) is 0 Å². The smallest absolute Gasteiger partial charge is 0.117 e. The van der Waals surface area contributed by atoms with Crippen LogP contribution in [0.15, 0.2) is 0 Å². The van der Waals surface area contributed by atoms with E-state index in [2.05, 4.69) is 0 Å². The number of hydrogen-bond acceptors (Lipinski definition) is 0. The van der Waals surface area contributed by atoms with Crippen molar-refractivity contribution < 1.29 is 8.78 Å². The van der Waals surface area contributed by atoms with Crippen LogP contribution in [0, 0.1) is 11.3 Å². The van der Waals surface area contributed by atoms with Gasteiger partial charge in [-0.15, -0.1) is 11.6 Å². The van der Waals surface area contributed by atoms with Gasteiger partial charge in [-0.25, -0.2) is 8.78 Å². The van der Waals surface area contributed by atoms with Crippen molar-refractivity contribution in [2.45, 2.75) is 51.3 Å². The summed E-state index contributed by atoms with van der Waals surface area (Å²) in [5, 5.41) is -0.631. The summed E-state index contributed by atoms with van der Waals surface area (Å²) in [6, 6.07) is 0. The lowest BCUT2D eigenvalue weighted by Gasteiger charge is -2.39. The molecule has 0 bridgehead atoms. The normalized spacial score (nSPS) is 42.0. The highest BCUT2D eigenvalue weighted by atomic mass is 35.5. The molecule has 4 atom stereocenters. The summed E-state index contributed by atoms with van der Waals surface area (Å²) in [5.74, 6) is -0.197. The second-order valence-corrected chi connectivity index (χ2v) is 5.55. The molecule has 0 aliphatic heterocycles. The van der Waals surface area contributed by atoms with Gasteiger partial charge in [0.2, 0.25) is 0 Å². The molecule has 4 unspecified atom stereocenters. The van der Waals surface area contributed by atoms with Crippen molar-refractivity contribution in [2.75, 3.05) is 0 Å². The van der Waals surface area contributed by atoms with Crippen LogP contribution < -0.4 is 0 Å². The molecule has 3 heteroatoms. The van der Waals surface area contributed by atoms with Crippen LogP contribution in [0.5, 0.6) is 0 Å². The Labute approximate surface area is 83.7 Å². The van der Waals surface area contributed by atoms with Gasteiger partial charge in [-0.3, -0.25) is 0 Å². The van der Waals surface area contributed by atoms with Crippen LogP contribution in [0.4, 0.5) is 8.78 Å². The molecular weight excluding hydrogens is 194 g/mol. The second kappa shape index (κ2) is 3.72. The molecule has 0 spiro atoms. The zero-order chi connectivity index (χ0) is 10.2. The van der Waals surface area contributed by atoms with Crippen LogP contribution in [-0.2, 0) is 0 Å². The van der Waals surface area contributed by atoms with Crippen LogP contribution >= 0.6 is 11.6 Å². The Hall–Kier alpha value is 0.150. The van der Waals surface area contributed by atoms with Crippen molar-refractivity contribution in [3.63, 3.8) is 0 Å². The minimum absolute atomic E-state index is 0.157. The Bertz CT molecular complexity index is 176. The predicted octanol–water partition coefficient (Wildman–Crippen LogP) is 3.73. The van der Waals surface area contributed by atoms with Gasteiger partial charge < -0.3 is 0 Å². The lowest BCUT2D eigenvalue weighted by molar-refractivity contribution is 0.0379. The topological polar surface area (TPSA) is 0 Å². The molecule has 1 rings (SSSR count). The summed E-state index contributed by atoms with van der Waals surface area (Å²) in [6.45, 7) is 5.85. The molecule has 1 aliphatic carbocycles. The van der Waals surface area contributed by atoms with Crippen molar-refractivity contribution in [1.82, 2.24) is 0 Å². The average molecular weight is 211 g/mol. The third-order valence-corrected chi connectivity index (χ3v) is 3.32. The average Bonchev–Trinajstić information content (AvgIpc) is 1.94. The minimum Gasteiger partial charge on any atom is -0.247 e. The first-order valence-corrected chi connectivity index (χ1v) is 5.18. The van der Waals surface area contributed by atoms with E-state index in [0.29, 0.717) is 0 Å². The number of rotatable bonds is 0. The molecule has 13 heavy (non-hydrogen) atoms. The monoisotopic (exact) mass is 210 g/mol. The summed E-state index contributed by atoms with van der Waals surface area (Å²) in [7, 11) is 0. The van der Waals surface area contributed by atoms with Gasteiger partial charge in [0.05, 0.1) is 5.38 Å². The van der Waals surface area contributed by atoms with E-state index >= 15 is 0 Å². The van der Waals surface area contributed by atoms with E-state index in [4.69, 9.17) is 11.6 Å². The highest BCUT2D eigenvalue weighted by molar-refractivity contribution is 6.21. The van der Waals surface area contributed by atoms with E-state index in [1.54, 1.807) is 0 Å². The molecule has 78 valence electrons. The fourth-order valence-electron chi connectivity index (χ4n) is 1.96. The molecule has 0 amide bonds. The molecular formula is C10H17ClF2. The Balaban J connectivity index is 2.67. The number of alkyl halides is 3. The van der Waals surface area contributed by atoms with Crippen LogP contribution in [0.1, 0.15) is 33.6 Å². The van der Waals surface area contributed by atoms with E-state index in [1.165, 1.54) is 0 Å². The quantitative estimate of drug-likeness (QED) is 0.535. The Morgan fingerprint density at radius 2 is 1.62 bits per heavy atom. The van der Waals surface area contributed by atoms with E-state index < -0.39 is 17.7 Å². The summed E-state index contributed by atoms with van der Waals surface area (Å²) < 4.78 is 26.7. The van der Waals surface area contributed by atoms with Gasteiger partial charge in [-0.05, 0) is 24.2 Å². The van der Waals surface area contributed by atoms with Gasteiger partial charge in [0.1, 0.15) is 12.3 Å². The van der Waals surface area contributed by atoms with Gasteiger partial charge in [-0.2, -0.15) is 0 Å². The summed E-state index contributed by atoms with van der Waals surface area (Å²) in [4.78, 5) is 0. The Morgan fingerprint density at radius 1 is 1.08 bits per heavy atom. The lowest BCUT2D eigenvalue weighted by Crippen LogP contribution is -2.41. The lowest BCUT2D eigenvalue weighted by atomic mass is 9.71. The van der Waals surface area contributed by atoms with Crippen LogP contribution in [-0.4, -0.2) is 17.7 Å². The van der Waals surface area contributed by atoms with Crippen LogP contribution in [0.2, 0.25) is 0 Å². The minimum atomic E-state index is -1.04. The maximum Gasteiger partial charge on any atom is 0.117 e. The first kappa shape index (κ1) is 11.2. The van der Waals surface area contributed by atoms with Gasteiger partial charge >= 0.3 is 0 Å². The number of halogens is 3. The van der Waals surface area contributed by atoms with Crippen LogP contribution in [0.3, 0.4) is 0 Å². The van der Waals surface area contributed by atoms with Crippen molar-refractivity contribution in [1.29, 1.82) is 0 Å². The zero-order valence-corrected chi connectivity index (χ0v) is 9.11. The molecule has 1 aliphatic rings. The van der Waals surface area contributed by atoms with Gasteiger partial charge in [0.15, 0.2) is 0 Å². The molecule has 0 saturated heterocycles. The fraction of sp³-hybridized carbons (Fsp3) is 1.00. The van der Waals surface area contributed by atoms with Gasteiger partial charge in [0.25, 0.3) is 0 Å². The number of hydrogen-bond donors (Lipinski definition) is 0. The van der Waals surface area contributed by atoms with Crippen LogP contribution in [0.25, 0.3) is 0 Å². The Kier molecular flexibility index (Phi) is 3.21. The molecule has 0 nitrogen and oxygen atoms in total.